The molecule has 0 aliphatic carbocycles. The summed E-state index contributed by atoms with van der Waals surface area (Å²) in [4.78, 5) is 11.8. The Bertz CT molecular complexity index is 368. The van der Waals surface area contributed by atoms with E-state index in [2.05, 4.69) is 12.2 Å². The molecule has 1 aromatic carbocycles. The molecule has 0 bridgehead atoms. The molecule has 0 aliphatic heterocycles. The normalized spacial score (nSPS) is 11.1. The first-order valence-corrected chi connectivity index (χ1v) is 6.06. The topological polar surface area (TPSA) is 38.3 Å². The Kier molecular flexibility index (Phi) is 4.55. The minimum Gasteiger partial charge on any atom is -0.478 e. The van der Waals surface area contributed by atoms with E-state index in [1.807, 2.05) is 31.2 Å². The van der Waals surface area contributed by atoms with Gasteiger partial charge in [0.1, 0.15) is 5.75 Å². The van der Waals surface area contributed by atoms with Crippen molar-refractivity contribution in [2.75, 3.05) is 6.54 Å². The molecule has 0 aliphatic rings. The summed E-state index contributed by atoms with van der Waals surface area (Å²) in [6.45, 7) is 8.15. The fourth-order valence-electron chi connectivity index (χ4n) is 1.51. The quantitative estimate of drug-likeness (QED) is 0.851. The minimum absolute atomic E-state index is 0.0976. The zero-order chi connectivity index (χ0) is 12.9. The lowest BCUT2D eigenvalue weighted by Gasteiger charge is -2.25. The van der Waals surface area contributed by atoms with E-state index >= 15 is 0 Å². The second-order valence-electron chi connectivity index (χ2n) is 4.47. The number of nitrogens with one attached hydrogen (secondary N) is 1. The molecule has 0 unspecified atom stereocenters. The first-order chi connectivity index (χ1) is 7.99. The van der Waals surface area contributed by atoms with Gasteiger partial charge >= 0.3 is 0 Å². The van der Waals surface area contributed by atoms with Crippen molar-refractivity contribution >= 4 is 5.91 Å². The lowest BCUT2D eigenvalue weighted by atomic mass is 10.1. The SMILES string of the molecule is CCNC(=O)C(C)(C)Oc1ccc(CC)cc1. The van der Waals surface area contributed by atoms with Crippen LogP contribution in [-0.2, 0) is 11.2 Å². The number of rotatable bonds is 5. The summed E-state index contributed by atoms with van der Waals surface area (Å²) in [5, 5.41) is 2.76. The maximum Gasteiger partial charge on any atom is 0.263 e. The van der Waals surface area contributed by atoms with Gasteiger partial charge in [-0.25, -0.2) is 0 Å². The highest BCUT2D eigenvalue weighted by atomic mass is 16.5. The van der Waals surface area contributed by atoms with Crippen LogP contribution in [0, 0.1) is 0 Å². The van der Waals surface area contributed by atoms with Crippen molar-refractivity contribution in [1.29, 1.82) is 0 Å². The molecule has 0 radical (unpaired) electrons. The van der Waals surface area contributed by atoms with Gasteiger partial charge in [-0.3, -0.25) is 4.79 Å². The van der Waals surface area contributed by atoms with Gasteiger partial charge < -0.3 is 10.1 Å². The Labute approximate surface area is 103 Å². The van der Waals surface area contributed by atoms with Crippen molar-refractivity contribution in [1.82, 2.24) is 5.32 Å². The third-order valence-corrected chi connectivity index (χ3v) is 2.59. The Morgan fingerprint density at radius 3 is 2.29 bits per heavy atom. The van der Waals surface area contributed by atoms with Crippen LogP contribution in [0.2, 0.25) is 0 Å². The van der Waals surface area contributed by atoms with Gasteiger partial charge in [0, 0.05) is 6.54 Å². The maximum atomic E-state index is 11.8. The molecule has 94 valence electrons. The third-order valence-electron chi connectivity index (χ3n) is 2.59. The second kappa shape index (κ2) is 5.71. The van der Waals surface area contributed by atoms with E-state index in [1.165, 1.54) is 5.56 Å². The summed E-state index contributed by atoms with van der Waals surface area (Å²) in [6, 6.07) is 7.84. The van der Waals surface area contributed by atoms with Gasteiger partial charge in [-0.2, -0.15) is 0 Å². The van der Waals surface area contributed by atoms with E-state index < -0.39 is 5.60 Å². The van der Waals surface area contributed by atoms with Gasteiger partial charge in [-0.05, 0) is 44.9 Å². The number of likely N-dealkylation sites (N-methyl/N-ethyl adjacent to an activating group) is 1. The number of ether oxygens (including phenoxy) is 1. The number of carbonyl (C=O) groups is 1. The molecule has 17 heavy (non-hydrogen) atoms. The van der Waals surface area contributed by atoms with E-state index in [-0.39, 0.29) is 5.91 Å². The third kappa shape index (κ3) is 3.77. The van der Waals surface area contributed by atoms with Crippen molar-refractivity contribution in [3.63, 3.8) is 0 Å². The summed E-state index contributed by atoms with van der Waals surface area (Å²) in [6.07, 6.45) is 1.000. The molecule has 0 heterocycles. The first kappa shape index (κ1) is 13.6. The number of hydrogen-bond acceptors (Lipinski definition) is 2. The van der Waals surface area contributed by atoms with Crippen LogP contribution in [0.25, 0.3) is 0 Å². The van der Waals surface area contributed by atoms with Gasteiger partial charge in [-0.1, -0.05) is 19.1 Å². The lowest BCUT2D eigenvalue weighted by Crippen LogP contribution is -2.46. The second-order valence-corrected chi connectivity index (χ2v) is 4.47. The maximum absolute atomic E-state index is 11.8. The number of amides is 1. The molecule has 0 fully saturated rings. The molecule has 0 atom stereocenters. The van der Waals surface area contributed by atoms with Crippen LogP contribution in [0.3, 0.4) is 0 Å². The molecule has 1 rings (SSSR count). The molecule has 1 aromatic rings. The van der Waals surface area contributed by atoms with E-state index in [0.717, 1.165) is 12.2 Å². The van der Waals surface area contributed by atoms with Crippen LogP contribution < -0.4 is 10.1 Å². The van der Waals surface area contributed by atoms with E-state index in [4.69, 9.17) is 4.74 Å². The molecule has 1 amide bonds. The van der Waals surface area contributed by atoms with Crippen LogP contribution in [0.1, 0.15) is 33.3 Å². The summed E-state index contributed by atoms with van der Waals surface area (Å²) < 4.78 is 5.70. The van der Waals surface area contributed by atoms with E-state index in [1.54, 1.807) is 13.8 Å². The van der Waals surface area contributed by atoms with Crippen LogP contribution in [-0.4, -0.2) is 18.1 Å². The lowest BCUT2D eigenvalue weighted by molar-refractivity contribution is -0.134. The Balaban J connectivity index is 2.71. The number of hydrogen-bond donors (Lipinski definition) is 1. The monoisotopic (exact) mass is 235 g/mol. The van der Waals surface area contributed by atoms with Crippen molar-refractivity contribution in [2.24, 2.45) is 0 Å². The van der Waals surface area contributed by atoms with Crippen LogP contribution in [0.5, 0.6) is 5.75 Å². The average Bonchev–Trinajstić information content (AvgIpc) is 2.30. The zero-order valence-electron chi connectivity index (χ0n) is 11.0. The van der Waals surface area contributed by atoms with Gasteiger partial charge in [0.05, 0.1) is 0 Å². The van der Waals surface area contributed by atoms with Crippen LogP contribution >= 0.6 is 0 Å². The molecule has 1 N–H and O–H groups in total. The Morgan fingerprint density at radius 2 is 1.82 bits per heavy atom. The van der Waals surface area contributed by atoms with Crippen molar-refractivity contribution < 1.29 is 9.53 Å². The van der Waals surface area contributed by atoms with Gasteiger partial charge in [0.2, 0.25) is 0 Å². The fraction of sp³-hybridized carbons (Fsp3) is 0.500. The van der Waals surface area contributed by atoms with Crippen LogP contribution in [0.15, 0.2) is 24.3 Å². The summed E-state index contributed by atoms with van der Waals surface area (Å²) in [5.74, 6) is 0.623. The van der Waals surface area contributed by atoms with Crippen LogP contribution in [0.4, 0.5) is 0 Å². The van der Waals surface area contributed by atoms with Gasteiger partial charge in [0.15, 0.2) is 5.60 Å². The predicted octanol–water partition coefficient (Wildman–Crippen LogP) is 2.54. The molecular formula is C14H21NO2. The molecule has 0 spiro atoms. The van der Waals surface area contributed by atoms with Crippen molar-refractivity contribution in [3.05, 3.63) is 29.8 Å². The average molecular weight is 235 g/mol. The molecule has 0 aromatic heterocycles. The van der Waals surface area contributed by atoms with Crippen molar-refractivity contribution in [3.8, 4) is 5.75 Å². The van der Waals surface area contributed by atoms with E-state index in [9.17, 15) is 4.79 Å². The number of aryl methyl sites for hydroxylation is 1. The van der Waals surface area contributed by atoms with Crippen molar-refractivity contribution in [2.45, 2.75) is 39.7 Å². The standard InChI is InChI=1S/C14H21NO2/c1-5-11-7-9-12(10-8-11)17-14(3,4)13(16)15-6-2/h7-10H,5-6H2,1-4H3,(H,15,16). The smallest absolute Gasteiger partial charge is 0.263 e. The summed E-state index contributed by atoms with van der Waals surface area (Å²) in [5.41, 5.74) is 0.414. The molecule has 3 heteroatoms. The minimum atomic E-state index is -0.844. The fourth-order valence-corrected chi connectivity index (χ4v) is 1.51. The van der Waals surface area contributed by atoms with Gasteiger partial charge in [0.25, 0.3) is 5.91 Å². The zero-order valence-corrected chi connectivity index (χ0v) is 11.0. The summed E-state index contributed by atoms with van der Waals surface area (Å²) in [7, 11) is 0. The molecule has 0 saturated heterocycles. The number of benzene rings is 1. The highest BCUT2D eigenvalue weighted by Gasteiger charge is 2.29. The first-order valence-electron chi connectivity index (χ1n) is 6.06. The molecular weight excluding hydrogens is 214 g/mol. The Morgan fingerprint density at radius 1 is 1.24 bits per heavy atom. The highest BCUT2D eigenvalue weighted by Crippen LogP contribution is 2.19. The predicted molar refractivity (Wildman–Crippen MR) is 69.2 cm³/mol. The van der Waals surface area contributed by atoms with E-state index in [0.29, 0.717) is 6.54 Å². The molecule has 3 nitrogen and oxygen atoms in total. The molecule has 0 saturated carbocycles. The Hall–Kier alpha value is -1.51. The number of carbonyl (C=O) groups excluding carboxylic acids is 1. The highest BCUT2D eigenvalue weighted by molar-refractivity contribution is 5.84. The largest absolute Gasteiger partial charge is 0.478 e. The van der Waals surface area contributed by atoms with Gasteiger partial charge in [-0.15, -0.1) is 0 Å². The summed E-state index contributed by atoms with van der Waals surface area (Å²) >= 11 is 0.